The van der Waals surface area contributed by atoms with Gasteiger partial charge in [0, 0.05) is 10.6 Å². The SMILES string of the molecule is Cc1cc(N)c(NC(=O)c2ccc3c(c2)OCCO3)cc1Cl. The Morgan fingerprint density at radius 3 is 2.68 bits per heavy atom. The second-order valence-electron chi connectivity index (χ2n) is 5.00. The highest BCUT2D eigenvalue weighted by atomic mass is 35.5. The van der Waals surface area contributed by atoms with Crippen molar-refractivity contribution >= 4 is 28.9 Å². The lowest BCUT2D eigenvalue weighted by atomic mass is 10.1. The van der Waals surface area contributed by atoms with Gasteiger partial charge < -0.3 is 20.5 Å². The van der Waals surface area contributed by atoms with Crippen LogP contribution in [-0.4, -0.2) is 19.1 Å². The molecule has 0 saturated heterocycles. The zero-order chi connectivity index (χ0) is 15.7. The first-order chi connectivity index (χ1) is 10.5. The average Bonchev–Trinajstić information content (AvgIpc) is 2.52. The van der Waals surface area contributed by atoms with E-state index in [2.05, 4.69) is 5.32 Å². The Kier molecular flexibility index (Phi) is 3.81. The molecule has 0 atom stereocenters. The van der Waals surface area contributed by atoms with Crippen molar-refractivity contribution in [3.05, 3.63) is 46.5 Å². The van der Waals surface area contributed by atoms with Crippen molar-refractivity contribution in [2.45, 2.75) is 6.92 Å². The maximum atomic E-state index is 12.3. The summed E-state index contributed by atoms with van der Waals surface area (Å²) in [7, 11) is 0. The van der Waals surface area contributed by atoms with E-state index < -0.39 is 0 Å². The number of halogens is 1. The third kappa shape index (κ3) is 2.80. The molecule has 5 nitrogen and oxygen atoms in total. The number of hydrogen-bond acceptors (Lipinski definition) is 4. The Balaban J connectivity index is 1.84. The summed E-state index contributed by atoms with van der Waals surface area (Å²) in [4.78, 5) is 12.3. The molecule has 3 N–H and O–H groups in total. The van der Waals surface area contributed by atoms with Crippen LogP contribution in [0.3, 0.4) is 0 Å². The van der Waals surface area contributed by atoms with Crippen LogP contribution in [-0.2, 0) is 0 Å². The third-order valence-electron chi connectivity index (χ3n) is 3.38. The number of rotatable bonds is 2. The first kappa shape index (κ1) is 14.5. The standard InChI is InChI=1S/C16H15ClN2O3/c1-9-6-12(18)13(8-11(9)17)19-16(20)10-2-3-14-15(7-10)22-5-4-21-14/h2-3,6-8H,4-5,18H2,1H3,(H,19,20). The molecule has 1 heterocycles. The predicted molar refractivity (Wildman–Crippen MR) is 86.0 cm³/mol. The lowest BCUT2D eigenvalue weighted by molar-refractivity contribution is 0.102. The van der Waals surface area contributed by atoms with Gasteiger partial charge in [-0.2, -0.15) is 0 Å². The van der Waals surface area contributed by atoms with E-state index in [1.54, 1.807) is 30.3 Å². The van der Waals surface area contributed by atoms with Crippen LogP contribution < -0.4 is 20.5 Å². The zero-order valence-electron chi connectivity index (χ0n) is 12.0. The number of aryl methyl sites for hydroxylation is 1. The molecule has 2 aromatic carbocycles. The van der Waals surface area contributed by atoms with Crippen LogP contribution in [0, 0.1) is 6.92 Å². The fourth-order valence-corrected chi connectivity index (χ4v) is 2.35. The van der Waals surface area contributed by atoms with Gasteiger partial charge in [-0.15, -0.1) is 0 Å². The van der Waals surface area contributed by atoms with E-state index in [-0.39, 0.29) is 5.91 Å². The molecule has 1 aliphatic heterocycles. The molecule has 0 bridgehead atoms. The number of anilines is 2. The molecule has 0 saturated carbocycles. The molecule has 22 heavy (non-hydrogen) atoms. The maximum absolute atomic E-state index is 12.3. The molecule has 1 amide bonds. The van der Waals surface area contributed by atoms with Crippen molar-refractivity contribution < 1.29 is 14.3 Å². The molecule has 6 heteroatoms. The Morgan fingerprint density at radius 1 is 1.18 bits per heavy atom. The lowest BCUT2D eigenvalue weighted by Crippen LogP contribution is -2.17. The first-order valence-corrected chi connectivity index (χ1v) is 7.19. The smallest absolute Gasteiger partial charge is 0.255 e. The minimum Gasteiger partial charge on any atom is -0.486 e. The van der Waals surface area contributed by atoms with Gasteiger partial charge in [-0.1, -0.05) is 11.6 Å². The van der Waals surface area contributed by atoms with Gasteiger partial charge in [0.1, 0.15) is 13.2 Å². The number of carbonyl (C=O) groups excluding carboxylic acids is 1. The summed E-state index contributed by atoms with van der Waals surface area (Å²) in [5.41, 5.74) is 8.17. The minimum atomic E-state index is -0.288. The molecule has 114 valence electrons. The van der Waals surface area contributed by atoms with Gasteiger partial charge >= 0.3 is 0 Å². The van der Waals surface area contributed by atoms with Crippen LogP contribution in [0.25, 0.3) is 0 Å². The number of ether oxygens (including phenoxy) is 2. The second-order valence-corrected chi connectivity index (χ2v) is 5.41. The summed E-state index contributed by atoms with van der Waals surface area (Å²) in [6, 6.07) is 8.41. The van der Waals surface area contributed by atoms with Crippen LogP contribution in [0.15, 0.2) is 30.3 Å². The van der Waals surface area contributed by atoms with Crippen molar-refractivity contribution in [3.63, 3.8) is 0 Å². The van der Waals surface area contributed by atoms with Crippen molar-refractivity contribution in [3.8, 4) is 11.5 Å². The molecule has 0 radical (unpaired) electrons. The Hall–Kier alpha value is -2.40. The average molecular weight is 319 g/mol. The maximum Gasteiger partial charge on any atom is 0.255 e. The van der Waals surface area contributed by atoms with E-state index in [1.165, 1.54) is 0 Å². The fourth-order valence-electron chi connectivity index (χ4n) is 2.19. The molecule has 1 aliphatic rings. The summed E-state index contributed by atoms with van der Waals surface area (Å²) in [6.07, 6.45) is 0. The zero-order valence-corrected chi connectivity index (χ0v) is 12.7. The Labute approximate surface area is 133 Å². The summed E-state index contributed by atoms with van der Waals surface area (Å²) in [5, 5.41) is 3.30. The third-order valence-corrected chi connectivity index (χ3v) is 3.79. The molecule has 2 aromatic rings. The molecule has 0 unspecified atom stereocenters. The number of carbonyl (C=O) groups is 1. The van der Waals surface area contributed by atoms with Crippen LogP contribution in [0.4, 0.5) is 11.4 Å². The first-order valence-electron chi connectivity index (χ1n) is 6.81. The number of nitrogens with two attached hydrogens (primary N) is 1. The van der Waals surface area contributed by atoms with Gasteiger partial charge in [0.25, 0.3) is 5.91 Å². The van der Waals surface area contributed by atoms with Gasteiger partial charge in [-0.3, -0.25) is 4.79 Å². The minimum absolute atomic E-state index is 0.288. The Bertz CT molecular complexity index is 746. The van der Waals surface area contributed by atoms with Crippen molar-refractivity contribution in [2.24, 2.45) is 0 Å². The highest BCUT2D eigenvalue weighted by Gasteiger charge is 2.16. The molecule has 0 aromatic heterocycles. The molecule has 3 rings (SSSR count). The number of amides is 1. The molecular formula is C16H15ClN2O3. The number of fused-ring (bicyclic) bond motifs is 1. The number of nitrogen functional groups attached to an aromatic ring is 1. The quantitative estimate of drug-likeness (QED) is 0.834. The second kappa shape index (κ2) is 5.77. The van der Waals surface area contributed by atoms with Gasteiger partial charge in [-0.25, -0.2) is 0 Å². The summed E-state index contributed by atoms with van der Waals surface area (Å²) in [5.74, 6) is 0.915. The van der Waals surface area contributed by atoms with Crippen LogP contribution in [0.1, 0.15) is 15.9 Å². The molecule has 0 spiro atoms. The van der Waals surface area contributed by atoms with E-state index in [0.717, 1.165) is 5.56 Å². The molecular weight excluding hydrogens is 304 g/mol. The van der Waals surface area contributed by atoms with Crippen molar-refractivity contribution in [2.75, 3.05) is 24.3 Å². The molecule has 0 fully saturated rings. The normalized spacial score (nSPS) is 12.8. The van der Waals surface area contributed by atoms with Gasteiger partial charge in [0.15, 0.2) is 11.5 Å². The van der Waals surface area contributed by atoms with Crippen molar-refractivity contribution in [1.82, 2.24) is 0 Å². The largest absolute Gasteiger partial charge is 0.486 e. The highest BCUT2D eigenvalue weighted by Crippen LogP contribution is 2.32. The number of nitrogens with one attached hydrogen (secondary N) is 1. The number of benzene rings is 2. The lowest BCUT2D eigenvalue weighted by Gasteiger charge is -2.18. The number of hydrogen-bond donors (Lipinski definition) is 2. The summed E-state index contributed by atoms with van der Waals surface area (Å²) >= 11 is 6.07. The van der Waals surface area contributed by atoms with E-state index >= 15 is 0 Å². The van der Waals surface area contributed by atoms with Gasteiger partial charge in [0.2, 0.25) is 0 Å². The topological polar surface area (TPSA) is 73.6 Å². The fraction of sp³-hybridized carbons (Fsp3) is 0.188. The van der Waals surface area contributed by atoms with Gasteiger partial charge in [0.05, 0.1) is 11.4 Å². The van der Waals surface area contributed by atoms with Crippen LogP contribution >= 0.6 is 11.6 Å². The monoisotopic (exact) mass is 318 g/mol. The van der Waals surface area contributed by atoms with E-state index in [9.17, 15) is 4.79 Å². The van der Waals surface area contributed by atoms with Gasteiger partial charge in [-0.05, 0) is 42.8 Å². The Morgan fingerprint density at radius 2 is 1.91 bits per heavy atom. The summed E-state index contributed by atoms with van der Waals surface area (Å²) in [6.45, 7) is 2.83. The molecule has 0 aliphatic carbocycles. The highest BCUT2D eigenvalue weighted by molar-refractivity contribution is 6.32. The summed E-state index contributed by atoms with van der Waals surface area (Å²) < 4.78 is 10.9. The predicted octanol–water partition coefficient (Wildman–Crippen LogP) is 3.25. The van der Waals surface area contributed by atoms with E-state index in [1.807, 2.05) is 6.92 Å². The van der Waals surface area contributed by atoms with Crippen LogP contribution in [0.2, 0.25) is 5.02 Å². The van der Waals surface area contributed by atoms with E-state index in [4.69, 9.17) is 26.8 Å². The van der Waals surface area contributed by atoms with E-state index in [0.29, 0.717) is 46.7 Å². The van der Waals surface area contributed by atoms with Crippen LogP contribution in [0.5, 0.6) is 11.5 Å². The van der Waals surface area contributed by atoms with Crippen molar-refractivity contribution in [1.29, 1.82) is 0 Å².